The van der Waals surface area contributed by atoms with Crippen LogP contribution in [0.1, 0.15) is 31.1 Å². The van der Waals surface area contributed by atoms with E-state index in [1.165, 1.54) is 13.0 Å². The molecule has 0 bridgehead atoms. The number of hydrogen-bond acceptors (Lipinski definition) is 4. The average Bonchev–Trinajstić information content (AvgIpc) is 2.27. The first-order valence-corrected chi connectivity index (χ1v) is 5.87. The molecular weight excluding hydrogens is 251 g/mol. The van der Waals surface area contributed by atoms with E-state index >= 15 is 0 Å². The van der Waals surface area contributed by atoms with E-state index in [2.05, 4.69) is 5.32 Å². The predicted octanol–water partition coefficient (Wildman–Crippen LogP) is 1.48. The number of rotatable bonds is 4. The van der Waals surface area contributed by atoms with Gasteiger partial charge in [0.25, 0.3) is 5.91 Å². The molecule has 0 saturated carbocycles. The maximum atomic E-state index is 12.8. The van der Waals surface area contributed by atoms with E-state index in [4.69, 9.17) is 10.5 Å². The average molecular weight is 268 g/mol. The van der Waals surface area contributed by atoms with E-state index in [1.807, 2.05) is 0 Å². The third-order valence-electron chi connectivity index (χ3n) is 2.32. The minimum Gasteiger partial charge on any atom is -0.449 e. The van der Waals surface area contributed by atoms with Gasteiger partial charge in [-0.2, -0.15) is 0 Å². The number of carbonyl (C=O) groups excluding carboxylic acids is 2. The zero-order valence-corrected chi connectivity index (χ0v) is 11.1. The highest BCUT2D eigenvalue weighted by Gasteiger charge is 2.20. The summed E-state index contributed by atoms with van der Waals surface area (Å²) in [5.74, 6) is -1.70. The van der Waals surface area contributed by atoms with Gasteiger partial charge in [-0.25, -0.2) is 9.18 Å². The van der Waals surface area contributed by atoms with Crippen LogP contribution in [0.3, 0.4) is 0 Å². The number of nitrogens with two attached hydrogens (primary N) is 1. The fourth-order valence-electron chi connectivity index (χ4n) is 1.40. The maximum Gasteiger partial charge on any atom is 0.341 e. The number of halogens is 1. The molecule has 1 aromatic carbocycles. The van der Waals surface area contributed by atoms with Gasteiger partial charge in [0.1, 0.15) is 5.82 Å². The zero-order chi connectivity index (χ0) is 14.6. The second-order valence-electron chi connectivity index (χ2n) is 4.44. The molecule has 0 aliphatic rings. The van der Waals surface area contributed by atoms with Gasteiger partial charge in [0.2, 0.25) is 0 Å². The Balaban J connectivity index is 2.71. The van der Waals surface area contributed by atoms with Crippen molar-refractivity contribution in [1.29, 1.82) is 0 Å². The van der Waals surface area contributed by atoms with Crippen molar-refractivity contribution in [2.24, 2.45) is 0 Å². The van der Waals surface area contributed by atoms with Crippen LogP contribution in [-0.2, 0) is 9.53 Å². The van der Waals surface area contributed by atoms with Crippen molar-refractivity contribution >= 4 is 17.6 Å². The highest BCUT2D eigenvalue weighted by Crippen LogP contribution is 2.15. The summed E-state index contributed by atoms with van der Waals surface area (Å²) < 4.78 is 17.8. The van der Waals surface area contributed by atoms with Crippen molar-refractivity contribution in [2.45, 2.75) is 32.9 Å². The summed E-state index contributed by atoms with van der Waals surface area (Å²) in [6, 6.07) is 3.30. The lowest BCUT2D eigenvalue weighted by molar-refractivity contribution is -0.129. The number of hydrogen-bond donors (Lipinski definition) is 2. The molecule has 0 radical (unpaired) electrons. The van der Waals surface area contributed by atoms with Crippen LogP contribution < -0.4 is 11.1 Å². The molecule has 6 heteroatoms. The molecule has 0 aromatic heterocycles. The van der Waals surface area contributed by atoms with Crippen LogP contribution in [0.2, 0.25) is 0 Å². The molecule has 1 aromatic rings. The fourth-order valence-corrected chi connectivity index (χ4v) is 1.40. The smallest absolute Gasteiger partial charge is 0.341 e. The Bertz CT molecular complexity index is 489. The Morgan fingerprint density at radius 3 is 2.47 bits per heavy atom. The molecule has 104 valence electrons. The lowest BCUT2D eigenvalue weighted by atomic mass is 10.2. The lowest BCUT2D eigenvalue weighted by Crippen LogP contribution is -2.39. The van der Waals surface area contributed by atoms with Gasteiger partial charge in [-0.05, 0) is 39.0 Å². The van der Waals surface area contributed by atoms with Gasteiger partial charge in [-0.3, -0.25) is 4.79 Å². The van der Waals surface area contributed by atoms with E-state index in [0.717, 1.165) is 12.1 Å². The van der Waals surface area contributed by atoms with E-state index in [1.54, 1.807) is 13.8 Å². The molecule has 3 N–H and O–H groups in total. The number of nitrogen functional groups attached to an aromatic ring is 1. The van der Waals surface area contributed by atoms with E-state index in [9.17, 15) is 14.0 Å². The first-order valence-electron chi connectivity index (χ1n) is 5.87. The molecule has 5 nitrogen and oxygen atoms in total. The van der Waals surface area contributed by atoms with Crippen LogP contribution in [0, 0.1) is 5.82 Å². The summed E-state index contributed by atoms with van der Waals surface area (Å²) in [5.41, 5.74) is 5.52. The molecule has 1 amide bonds. The third kappa shape index (κ3) is 4.24. The number of benzene rings is 1. The number of nitrogens with one attached hydrogen (secondary N) is 1. The largest absolute Gasteiger partial charge is 0.449 e. The van der Waals surface area contributed by atoms with Crippen molar-refractivity contribution in [1.82, 2.24) is 5.32 Å². The van der Waals surface area contributed by atoms with Gasteiger partial charge in [0, 0.05) is 11.7 Å². The number of anilines is 1. The molecule has 0 aliphatic heterocycles. The van der Waals surface area contributed by atoms with Gasteiger partial charge in [0.15, 0.2) is 6.10 Å². The number of amides is 1. The van der Waals surface area contributed by atoms with Crippen LogP contribution in [0.25, 0.3) is 0 Å². The van der Waals surface area contributed by atoms with Crippen LogP contribution in [0.4, 0.5) is 10.1 Å². The van der Waals surface area contributed by atoms with Crippen molar-refractivity contribution in [3.63, 3.8) is 0 Å². The molecule has 1 rings (SSSR count). The fraction of sp³-hybridized carbons (Fsp3) is 0.385. The van der Waals surface area contributed by atoms with Crippen molar-refractivity contribution < 1.29 is 18.7 Å². The first kappa shape index (κ1) is 14.9. The van der Waals surface area contributed by atoms with Crippen molar-refractivity contribution in [2.75, 3.05) is 5.73 Å². The summed E-state index contributed by atoms with van der Waals surface area (Å²) >= 11 is 0. The molecular formula is C13H17FN2O3. The van der Waals surface area contributed by atoms with E-state index in [0.29, 0.717) is 0 Å². The Kier molecular flexibility index (Phi) is 4.86. The van der Waals surface area contributed by atoms with Gasteiger partial charge in [0.05, 0.1) is 5.56 Å². The second kappa shape index (κ2) is 6.17. The monoisotopic (exact) mass is 268 g/mol. The van der Waals surface area contributed by atoms with Crippen molar-refractivity contribution in [3.05, 3.63) is 29.6 Å². The summed E-state index contributed by atoms with van der Waals surface area (Å²) in [6.07, 6.45) is -0.945. The molecule has 1 atom stereocenters. The lowest BCUT2D eigenvalue weighted by Gasteiger charge is -2.15. The number of esters is 1. The molecule has 1 unspecified atom stereocenters. The van der Waals surface area contributed by atoms with Crippen LogP contribution in [0.15, 0.2) is 18.2 Å². The van der Waals surface area contributed by atoms with Gasteiger partial charge >= 0.3 is 5.97 Å². The quantitative estimate of drug-likeness (QED) is 0.640. The minimum absolute atomic E-state index is 0.0264. The molecule has 0 heterocycles. The Morgan fingerprint density at radius 1 is 1.32 bits per heavy atom. The maximum absolute atomic E-state index is 12.8. The molecule has 0 saturated heterocycles. The zero-order valence-electron chi connectivity index (χ0n) is 11.1. The normalized spacial score (nSPS) is 12.1. The van der Waals surface area contributed by atoms with Crippen LogP contribution in [0.5, 0.6) is 0 Å². The van der Waals surface area contributed by atoms with E-state index < -0.39 is 23.8 Å². The van der Waals surface area contributed by atoms with Gasteiger partial charge < -0.3 is 15.8 Å². The Morgan fingerprint density at radius 2 is 1.95 bits per heavy atom. The van der Waals surface area contributed by atoms with Crippen molar-refractivity contribution in [3.8, 4) is 0 Å². The summed E-state index contributed by atoms with van der Waals surface area (Å²) in [7, 11) is 0. The summed E-state index contributed by atoms with van der Waals surface area (Å²) in [5, 5.41) is 2.62. The van der Waals surface area contributed by atoms with Crippen LogP contribution in [-0.4, -0.2) is 24.0 Å². The molecule has 0 aliphatic carbocycles. The SMILES string of the molecule is CC(C)NC(=O)C(C)OC(=O)c1ccc(F)cc1N. The molecule has 19 heavy (non-hydrogen) atoms. The molecule has 0 spiro atoms. The van der Waals surface area contributed by atoms with E-state index in [-0.39, 0.29) is 17.3 Å². The minimum atomic E-state index is -0.945. The Hall–Kier alpha value is -2.11. The topological polar surface area (TPSA) is 81.4 Å². The van der Waals surface area contributed by atoms with Gasteiger partial charge in [-0.15, -0.1) is 0 Å². The predicted molar refractivity (Wildman–Crippen MR) is 69.0 cm³/mol. The second-order valence-corrected chi connectivity index (χ2v) is 4.44. The first-order chi connectivity index (χ1) is 8.81. The third-order valence-corrected chi connectivity index (χ3v) is 2.32. The van der Waals surface area contributed by atoms with Gasteiger partial charge in [-0.1, -0.05) is 0 Å². The molecule has 0 fully saturated rings. The highest BCUT2D eigenvalue weighted by atomic mass is 19.1. The number of ether oxygens (including phenoxy) is 1. The number of carbonyl (C=O) groups is 2. The summed E-state index contributed by atoms with van der Waals surface area (Å²) in [4.78, 5) is 23.4. The Labute approximate surface area is 110 Å². The highest BCUT2D eigenvalue weighted by molar-refractivity contribution is 5.96. The summed E-state index contributed by atoms with van der Waals surface area (Å²) in [6.45, 7) is 5.05. The van der Waals surface area contributed by atoms with Crippen LogP contribution >= 0.6 is 0 Å². The standard InChI is InChI=1S/C13H17FN2O3/c1-7(2)16-12(17)8(3)19-13(18)10-5-4-9(14)6-11(10)15/h4-8H,15H2,1-3H3,(H,16,17).